The zero-order valence-corrected chi connectivity index (χ0v) is 14.2. The molecule has 3 heteroatoms. The molecule has 0 fully saturated rings. The van der Waals surface area contributed by atoms with Crippen LogP contribution in [0.2, 0.25) is 0 Å². The van der Waals surface area contributed by atoms with Crippen LogP contribution in [-0.2, 0) is 4.79 Å². The minimum Gasteiger partial charge on any atom is -0.325 e. The fourth-order valence-corrected chi connectivity index (χ4v) is 3.06. The van der Waals surface area contributed by atoms with Crippen molar-refractivity contribution in [3.05, 3.63) is 40.9 Å². The van der Waals surface area contributed by atoms with Gasteiger partial charge in [-0.1, -0.05) is 66.9 Å². The normalized spacial score (nSPS) is 12.3. The number of fused-ring (bicyclic) bond motifs is 1. The van der Waals surface area contributed by atoms with E-state index in [2.05, 4.69) is 41.2 Å². The maximum Gasteiger partial charge on any atom is 0.227 e. The van der Waals surface area contributed by atoms with Gasteiger partial charge in [0.05, 0.1) is 0 Å². The van der Waals surface area contributed by atoms with Gasteiger partial charge >= 0.3 is 0 Å². The van der Waals surface area contributed by atoms with E-state index in [1.54, 1.807) is 0 Å². The zero-order chi connectivity index (χ0) is 15.2. The molecule has 0 bridgehead atoms. The lowest BCUT2D eigenvalue weighted by Gasteiger charge is -2.16. The first-order valence-corrected chi connectivity index (χ1v) is 8.44. The van der Waals surface area contributed by atoms with E-state index in [4.69, 9.17) is 0 Å². The number of halogens is 1. The summed E-state index contributed by atoms with van der Waals surface area (Å²) >= 11 is 3.56. The quantitative estimate of drug-likeness (QED) is 0.707. The second-order valence-electron chi connectivity index (χ2n) is 5.38. The molecule has 0 aliphatic carbocycles. The summed E-state index contributed by atoms with van der Waals surface area (Å²) in [6, 6.07) is 12.1. The Kier molecular flexibility index (Phi) is 5.80. The number of hydrogen-bond acceptors (Lipinski definition) is 1. The molecule has 0 heterocycles. The van der Waals surface area contributed by atoms with Crippen LogP contribution in [0.5, 0.6) is 0 Å². The van der Waals surface area contributed by atoms with Crippen LogP contribution in [0.15, 0.2) is 40.9 Å². The third-order valence-electron chi connectivity index (χ3n) is 3.90. The highest BCUT2D eigenvalue weighted by atomic mass is 79.9. The predicted molar refractivity (Wildman–Crippen MR) is 93.6 cm³/mol. The summed E-state index contributed by atoms with van der Waals surface area (Å²) in [5.74, 6) is 0.241. The van der Waals surface area contributed by atoms with Crippen LogP contribution in [-0.4, -0.2) is 5.91 Å². The molecule has 0 spiro atoms. The molecular weight excluding hydrogens is 326 g/mol. The lowest BCUT2D eigenvalue weighted by atomic mass is 9.98. The van der Waals surface area contributed by atoms with Gasteiger partial charge < -0.3 is 5.32 Å². The van der Waals surface area contributed by atoms with Gasteiger partial charge in [0, 0.05) is 21.5 Å². The second kappa shape index (κ2) is 7.60. The highest BCUT2D eigenvalue weighted by Crippen LogP contribution is 2.30. The number of amides is 1. The van der Waals surface area contributed by atoms with Crippen molar-refractivity contribution in [3.63, 3.8) is 0 Å². The average Bonchev–Trinajstić information content (AvgIpc) is 2.51. The number of carbonyl (C=O) groups excluding carboxylic acids is 1. The number of rotatable bonds is 6. The van der Waals surface area contributed by atoms with E-state index in [1.165, 1.54) is 0 Å². The summed E-state index contributed by atoms with van der Waals surface area (Å²) in [6.45, 7) is 4.24. The van der Waals surface area contributed by atoms with Crippen molar-refractivity contribution in [1.82, 2.24) is 0 Å². The summed E-state index contributed by atoms with van der Waals surface area (Å²) in [6.07, 6.45) is 4.09. The summed E-state index contributed by atoms with van der Waals surface area (Å²) in [5, 5.41) is 5.31. The van der Waals surface area contributed by atoms with Gasteiger partial charge in [-0.25, -0.2) is 0 Å². The molecule has 2 rings (SSSR count). The number of unbranched alkanes of at least 4 members (excludes halogenated alkanes) is 1. The maximum absolute atomic E-state index is 12.5. The molecule has 1 amide bonds. The van der Waals surface area contributed by atoms with Crippen molar-refractivity contribution >= 4 is 38.3 Å². The van der Waals surface area contributed by atoms with E-state index in [-0.39, 0.29) is 11.8 Å². The first-order valence-electron chi connectivity index (χ1n) is 7.65. The smallest absolute Gasteiger partial charge is 0.227 e. The molecule has 21 heavy (non-hydrogen) atoms. The highest BCUT2D eigenvalue weighted by molar-refractivity contribution is 9.10. The summed E-state index contributed by atoms with van der Waals surface area (Å²) in [5.41, 5.74) is 0.897. The van der Waals surface area contributed by atoms with Crippen LogP contribution >= 0.6 is 15.9 Å². The second-order valence-corrected chi connectivity index (χ2v) is 6.23. The van der Waals surface area contributed by atoms with E-state index in [1.807, 2.05) is 30.3 Å². The van der Waals surface area contributed by atoms with E-state index < -0.39 is 0 Å². The Balaban J connectivity index is 2.23. The van der Waals surface area contributed by atoms with Crippen LogP contribution < -0.4 is 5.32 Å². The third-order valence-corrected chi connectivity index (χ3v) is 4.59. The number of carbonyl (C=O) groups is 1. The maximum atomic E-state index is 12.5. The molecule has 0 saturated carbocycles. The number of anilines is 1. The molecule has 0 saturated heterocycles. The van der Waals surface area contributed by atoms with Crippen LogP contribution in [0.1, 0.15) is 39.5 Å². The molecule has 1 N–H and O–H groups in total. The Morgan fingerprint density at radius 1 is 1.14 bits per heavy atom. The summed E-state index contributed by atoms with van der Waals surface area (Å²) in [7, 11) is 0. The van der Waals surface area contributed by atoms with Gasteiger partial charge in [0.2, 0.25) is 5.91 Å². The van der Waals surface area contributed by atoms with Crippen molar-refractivity contribution in [3.8, 4) is 0 Å². The van der Waals surface area contributed by atoms with Crippen LogP contribution in [0, 0.1) is 5.92 Å². The molecule has 0 aliphatic heterocycles. The third kappa shape index (κ3) is 3.85. The number of benzene rings is 2. The molecule has 2 aromatic rings. The lowest BCUT2D eigenvalue weighted by molar-refractivity contribution is -0.120. The van der Waals surface area contributed by atoms with E-state index in [0.717, 1.165) is 46.6 Å². The van der Waals surface area contributed by atoms with Crippen LogP contribution in [0.3, 0.4) is 0 Å². The molecule has 112 valence electrons. The van der Waals surface area contributed by atoms with Crippen molar-refractivity contribution in [1.29, 1.82) is 0 Å². The summed E-state index contributed by atoms with van der Waals surface area (Å²) < 4.78 is 1.05. The first-order chi connectivity index (χ1) is 10.2. The van der Waals surface area contributed by atoms with Gasteiger partial charge in [0.1, 0.15) is 0 Å². The topological polar surface area (TPSA) is 29.1 Å². The van der Waals surface area contributed by atoms with Crippen LogP contribution in [0.4, 0.5) is 5.69 Å². The lowest BCUT2D eigenvalue weighted by Crippen LogP contribution is -2.22. The SMILES string of the molecule is CCCCC(CC)C(=O)Nc1ccc(Br)c2ccccc12. The number of hydrogen-bond donors (Lipinski definition) is 1. The van der Waals surface area contributed by atoms with Gasteiger partial charge in [-0.05, 0) is 30.4 Å². The number of nitrogens with one attached hydrogen (secondary N) is 1. The Bertz CT molecular complexity index is 624. The standard InChI is InChI=1S/C18H22BrNO/c1-3-5-8-13(4-2)18(21)20-17-12-11-16(19)14-9-6-7-10-15(14)17/h6-7,9-13H,3-5,8H2,1-2H3,(H,20,21). The molecular formula is C18H22BrNO. The zero-order valence-electron chi connectivity index (χ0n) is 12.7. The van der Waals surface area contributed by atoms with Gasteiger partial charge in [-0.2, -0.15) is 0 Å². The molecule has 1 unspecified atom stereocenters. The monoisotopic (exact) mass is 347 g/mol. The molecule has 0 aliphatic rings. The van der Waals surface area contributed by atoms with Crippen molar-refractivity contribution < 1.29 is 4.79 Å². The van der Waals surface area contributed by atoms with Gasteiger partial charge in [-0.15, -0.1) is 0 Å². The van der Waals surface area contributed by atoms with E-state index >= 15 is 0 Å². The largest absolute Gasteiger partial charge is 0.325 e. The van der Waals surface area contributed by atoms with Crippen molar-refractivity contribution in [2.24, 2.45) is 5.92 Å². The summed E-state index contributed by atoms with van der Waals surface area (Å²) in [4.78, 5) is 12.5. The van der Waals surface area contributed by atoms with Crippen LogP contribution in [0.25, 0.3) is 10.8 Å². The predicted octanol–water partition coefficient (Wildman–Crippen LogP) is 5.76. The fraction of sp³-hybridized carbons (Fsp3) is 0.389. The minimum absolute atomic E-state index is 0.104. The average molecular weight is 348 g/mol. The molecule has 2 nitrogen and oxygen atoms in total. The van der Waals surface area contributed by atoms with Gasteiger partial charge in [-0.3, -0.25) is 4.79 Å². The van der Waals surface area contributed by atoms with E-state index in [0.29, 0.717) is 0 Å². The first kappa shape index (κ1) is 16.0. The molecule has 2 aromatic carbocycles. The van der Waals surface area contributed by atoms with Crippen molar-refractivity contribution in [2.75, 3.05) is 5.32 Å². The van der Waals surface area contributed by atoms with E-state index in [9.17, 15) is 4.79 Å². The Morgan fingerprint density at radius 3 is 2.52 bits per heavy atom. The van der Waals surface area contributed by atoms with Gasteiger partial charge in [0.15, 0.2) is 0 Å². The fourth-order valence-electron chi connectivity index (χ4n) is 2.58. The Labute approximate surface area is 135 Å². The Hall–Kier alpha value is -1.35. The Morgan fingerprint density at radius 2 is 1.86 bits per heavy atom. The molecule has 1 atom stereocenters. The van der Waals surface area contributed by atoms with Gasteiger partial charge in [0.25, 0.3) is 0 Å². The molecule has 0 aromatic heterocycles. The molecule has 0 radical (unpaired) electrons. The van der Waals surface area contributed by atoms with Crippen molar-refractivity contribution in [2.45, 2.75) is 39.5 Å². The minimum atomic E-state index is 0.104. The highest BCUT2D eigenvalue weighted by Gasteiger charge is 2.17.